The summed E-state index contributed by atoms with van der Waals surface area (Å²) in [5.41, 5.74) is 1.20. The van der Waals surface area contributed by atoms with Gasteiger partial charge >= 0.3 is 5.97 Å². The second-order valence-corrected chi connectivity index (χ2v) is 4.41. The molecule has 0 atom stereocenters. The van der Waals surface area contributed by atoms with Gasteiger partial charge in [-0.25, -0.2) is 9.78 Å². The second-order valence-electron chi connectivity index (χ2n) is 4.41. The fourth-order valence-electron chi connectivity index (χ4n) is 1.93. The zero-order valence-corrected chi connectivity index (χ0v) is 11.8. The van der Waals surface area contributed by atoms with Gasteiger partial charge in [0.2, 0.25) is 0 Å². The number of esters is 1. The first kappa shape index (κ1) is 15.9. The number of morpholine rings is 1. The number of aryl methyl sites for hydroxylation is 1. The summed E-state index contributed by atoms with van der Waals surface area (Å²) in [5, 5.41) is 0. The minimum absolute atomic E-state index is 0. The highest BCUT2D eigenvalue weighted by Gasteiger charge is 2.15. The van der Waals surface area contributed by atoms with E-state index >= 15 is 0 Å². The fourth-order valence-corrected chi connectivity index (χ4v) is 1.93. The number of halogens is 1. The molecule has 1 aromatic rings. The fraction of sp³-hybridized carbons (Fsp3) is 0.538. The van der Waals surface area contributed by atoms with Crippen LogP contribution in [0.2, 0.25) is 0 Å². The Morgan fingerprint density at radius 1 is 1.42 bits per heavy atom. The van der Waals surface area contributed by atoms with Crippen LogP contribution in [0.4, 0.5) is 0 Å². The van der Waals surface area contributed by atoms with Crippen molar-refractivity contribution in [1.29, 1.82) is 0 Å². The van der Waals surface area contributed by atoms with Crippen LogP contribution in [0.3, 0.4) is 0 Å². The summed E-state index contributed by atoms with van der Waals surface area (Å²) < 4.78 is 10.5. The van der Waals surface area contributed by atoms with E-state index in [0.29, 0.717) is 12.3 Å². The monoisotopic (exact) mass is 286 g/mol. The molecule has 6 heteroatoms. The lowest BCUT2D eigenvalue weighted by molar-refractivity contribution is -0.908. The molecule has 1 aliphatic heterocycles. The lowest BCUT2D eigenvalue weighted by Crippen LogP contribution is -3.14. The molecule has 0 aromatic carbocycles. The number of rotatable bonds is 4. The van der Waals surface area contributed by atoms with E-state index < -0.39 is 0 Å². The molecule has 0 radical (unpaired) electrons. The van der Waals surface area contributed by atoms with Gasteiger partial charge in [0.15, 0.2) is 0 Å². The molecule has 1 saturated heterocycles. The van der Waals surface area contributed by atoms with Crippen LogP contribution in [0.5, 0.6) is 0 Å². The van der Waals surface area contributed by atoms with Gasteiger partial charge in [-0.2, -0.15) is 0 Å². The van der Waals surface area contributed by atoms with Gasteiger partial charge in [-0.1, -0.05) is 6.07 Å². The molecule has 2 heterocycles. The van der Waals surface area contributed by atoms with Crippen LogP contribution in [-0.4, -0.2) is 50.4 Å². The molecule has 0 aliphatic carbocycles. The highest BCUT2D eigenvalue weighted by atomic mass is 35.5. The molecule has 0 bridgehead atoms. The Hall–Kier alpha value is -1.17. The quantitative estimate of drug-likeness (QED) is 0.583. The van der Waals surface area contributed by atoms with E-state index in [4.69, 9.17) is 9.47 Å². The number of pyridine rings is 1. The van der Waals surface area contributed by atoms with Gasteiger partial charge in [-0.05, 0) is 19.1 Å². The summed E-state index contributed by atoms with van der Waals surface area (Å²) in [4.78, 5) is 17.3. The first-order chi connectivity index (χ1) is 8.75. The number of carbonyl (C=O) groups is 1. The van der Waals surface area contributed by atoms with Gasteiger partial charge < -0.3 is 26.8 Å². The number of ether oxygens (including phenoxy) is 2. The molecule has 5 nitrogen and oxygen atoms in total. The van der Waals surface area contributed by atoms with Crippen molar-refractivity contribution < 1.29 is 31.6 Å². The zero-order chi connectivity index (χ0) is 12.8. The molecule has 106 valence electrons. The number of nitrogens with zero attached hydrogens (tertiary/aromatic N) is 1. The third-order valence-corrected chi connectivity index (χ3v) is 2.99. The Morgan fingerprint density at radius 2 is 2.16 bits per heavy atom. The lowest BCUT2D eigenvalue weighted by Gasteiger charge is -2.23. The molecule has 1 N–H and O–H groups in total. The number of quaternary nitrogens is 1. The highest BCUT2D eigenvalue weighted by molar-refractivity contribution is 5.87. The van der Waals surface area contributed by atoms with Gasteiger partial charge in [0.25, 0.3) is 0 Å². The Bertz CT molecular complexity index is 409. The van der Waals surface area contributed by atoms with E-state index in [1.165, 1.54) is 4.90 Å². The van der Waals surface area contributed by atoms with Crippen LogP contribution in [0.25, 0.3) is 0 Å². The van der Waals surface area contributed by atoms with Crippen LogP contribution >= 0.6 is 0 Å². The van der Waals surface area contributed by atoms with Crippen molar-refractivity contribution in [1.82, 2.24) is 4.98 Å². The smallest absolute Gasteiger partial charge is 0.357 e. The summed E-state index contributed by atoms with van der Waals surface area (Å²) in [5.74, 6) is -0.341. The van der Waals surface area contributed by atoms with Gasteiger partial charge in [0, 0.05) is 5.69 Å². The number of hydrogen-bond acceptors (Lipinski definition) is 4. The van der Waals surface area contributed by atoms with Crippen molar-refractivity contribution in [3.05, 3.63) is 29.6 Å². The largest absolute Gasteiger partial charge is 1.00 e. The Balaban J connectivity index is 0.00000180. The Morgan fingerprint density at radius 3 is 2.84 bits per heavy atom. The second kappa shape index (κ2) is 8.09. The minimum atomic E-state index is -0.341. The molecule has 0 amide bonds. The van der Waals surface area contributed by atoms with Gasteiger partial charge in [0.05, 0.1) is 13.2 Å². The predicted octanol–water partition coefficient (Wildman–Crippen LogP) is -3.53. The van der Waals surface area contributed by atoms with E-state index in [0.717, 1.165) is 38.5 Å². The van der Waals surface area contributed by atoms with E-state index in [9.17, 15) is 4.79 Å². The standard InChI is InChI=1S/C13H18N2O3.ClH/c1-11-3-2-4-12(14-11)13(16)18-10-7-15-5-8-17-9-6-15;/h2-4H,5-10H2,1H3;1H. The first-order valence-electron chi connectivity index (χ1n) is 6.28. The van der Waals surface area contributed by atoms with Crippen molar-refractivity contribution in [3.8, 4) is 0 Å². The van der Waals surface area contributed by atoms with E-state index in [1.807, 2.05) is 19.1 Å². The van der Waals surface area contributed by atoms with Crippen LogP contribution in [0.15, 0.2) is 18.2 Å². The summed E-state index contributed by atoms with van der Waals surface area (Å²) in [6, 6.07) is 5.34. The maximum atomic E-state index is 11.7. The van der Waals surface area contributed by atoms with E-state index in [2.05, 4.69) is 4.98 Å². The molecule has 0 spiro atoms. The van der Waals surface area contributed by atoms with Crippen LogP contribution in [0, 0.1) is 6.92 Å². The molecule has 0 saturated carbocycles. The summed E-state index contributed by atoms with van der Waals surface area (Å²) in [6.07, 6.45) is 0. The average molecular weight is 287 g/mol. The molecular weight excluding hydrogens is 268 g/mol. The molecule has 0 unspecified atom stereocenters. The van der Waals surface area contributed by atoms with Crippen LogP contribution < -0.4 is 17.3 Å². The van der Waals surface area contributed by atoms with Crippen LogP contribution in [0.1, 0.15) is 16.2 Å². The number of hydrogen-bond donors (Lipinski definition) is 1. The maximum absolute atomic E-state index is 11.7. The van der Waals surface area contributed by atoms with Crippen molar-refractivity contribution in [2.45, 2.75) is 6.92 Å². The Labute approximate surface area is 119 Å². The van der Waals surface area contributed by atoms with E-state index in [-0.39, 0.29) is 18.4 Å². The Kier molecular flexibility index (Phi) is 6.77. The maximum Gasteiger partial charge on any atom is 0.357 e. The summed E-state index contributed by atoms with van der Waals surface area (Å²) in [6.45, 7) is 6.69. The molecular formula is C13H19ClN2O3. The van der Waals surface area contributed by atoms with Crippen molar-refractivity contribution in [2.24, 2.45) is 0 Å². The van der Waals surface area contributed by atoms with Crippen molar-refractivity contribution >= 4 is 5.97 Å². The predicted molar refractivity (Wildman–Crippen MR) is 65.6 cm³/mol. The summed E-state index contributed by atoms with van der Waals surface area (Å²) >= 11 is 0. The van der Waals surface area contributed by atoms with Crippen LogP contribution in [-0.2, 0) is 9.47 Å². The number of carbonyl (C=O) groups excluding carboxylic acids is 1. The van der Waals surface area contributed by atoms with E-state index in [1.54, 1.807) is 6.07 Å². The molecule has 1 aliphatic rings. The SMILES string of the molecule is Cc1cccc(C(=O)OCC[NH+]2CCOCC2)n1.[Cl-]. The minimum Gasteiger partial charge on any atom is -1.00 e. The molecule has 19 heavy (non-hydrogen) atoms. The normalized spacial score (nSPS) is 15.6. The molecule has 2 rings (SSSR count). The molecule has 1 aromatic heterocycles. The number of aromatic nitrogens is 1. The highest BCUT2D eigenvalue weighted by Crippen LogP contribution is 1.99. The van der Waals surface area contributed by atoms with Gasteiger partial charge in [-0.3, -0.25) is 0 Å². The zero-order valence-electron chi connectivity index (χ0n) is 11.0. The summed E-state index contributed by atoms with van der Waals surface area (Å²) in [7, 11) is 0. The number of nitrogens with one attached hydrogen (secondary N) is 1. The van der Waals surface area contributed by atoms with Crippen molar-refractivity contribution in [2.75, 3.05) is 39.5 Å². The topological polar surface area (TPSA) is 52.9 Å². The van der Waals surface area contributed by atoms with Gasteiger partial charge in [0.1, 0.15) is 31.9 Å². The average Bonchev–Trinajstić information content (AvgIpc) is 2.40. The third-order valence-electron chi connectivity index (χ3n) is 2.99. The van der Waals surface area contributed by atoms with Gasteiger partial charge in [-0.15, -0.1) is 0 Å². The van der Waals surface area contributed by atoms with Crippen molar-refractivity contribution in [3.63, 3.8) is 0 Å². The third kappa shape index (κ3) is 5.14. The first-order valence-corrected chi connectivity index (χ1v) is 6.28. The molecule has 1 fully saturated rings. The lowest BCUT2D eigenvalue weighted by atomic mass is 10.3.